The van der Waals surface area contributed by atoms with Crippen LogP contribution in [0.1, 0.15) is 32.9 Å². The number of nitrogens with one attached hydrogen (secondary N) is 1. The van der Waals surface area contributed by atoms with Gasteiger partial charge < -0.3 is 11.1 Å². The van der Waals surface area contributed by atoms with Crippen molar-refractivity contribution in [2.45, 2.75) is 39.2 Å². The molecule has 0 radical (unpaired) electrons. The Hall–Kier alpha value is -1.79. The molecule has 1 heterocycles. The topological polar surface area (TPSA) is 68.0 Å². The first-order valence-electron chi connectivity index (χ1n) is 8.03. The van der Waals surface area contributed by atoms with E-state index in [1.807, 2.05) is 12.3 Å². The maximum Gasteiger partial charge on any atom is 0.226 e. The first-order valence-corrected chi connectivity index (χ1v) is 8.91. The molecule has 1 aromatic carbocycles. The van der Waals surface area contributed by atoms with Crippen LogP contribution in [0.25, 0.3) is 10.6 Å². The van der Waals surface area contributed by atoms with Crippen LogP contribution >= 0.6 is 11.3 Å². The van der Waals surface area contributed by atoms with Gasteiger partial charge in [0.25, 0.3) is 0 Å². The van der Waals surface area contributed by atoms with Gasteiger partial charge >= 0.3 is 0 Å². The molecular weight excluding hydrogens is 325 g/mol. The van der Waals surface area contributed by atoms with Gasteiger partial charge in [-0.1, -0.05) is 26.0 Å². The minimum absolute atomic E-state index is 0.0975. The van der Waals surface area contributed by atoms with Gasteiger partial charge in [0.15, 0.2) is 0 Å². The second kappa shape index (κ2) is 7.85. The third-order valence-corrected chi connectivity index (χ3v) is 4.66. The molecule has 0 aliphatic heterocycles. The number of carbonyl (C=O) groups excluding carboxylic acids is 1. The van der Waals surface area contributed by atoms with E-state index in [-0.39, 0.29) is 18.1 Å². The fourth-order valence-electron chi connectivity index (χ4n) is 2.77. The summed E-state index contributed by atoms with van der Waals surface area (Å²) in [6, 6.07) is 6.29. The van der Waals surface area contributed by atoms with E-state index in [0.29, 0.717) is 23.2 Å². The summed E-state index contributed by atoms with van der Waals surface area (Å²) < 4.78 is 13.3. The number of nitrogens with two attached hydrogens (primary N) is 1. The fourth-order valence-corrected chi connectivity index (χ4v) is 3.59. The molecule has 0 bridgehead atoms. The summed E-state index contributed by atoms with van der Waals surface area (Å²) in [4.78, 5) is 16.7. The molecule has 0 saturated heterocycles. The number of thiazole rings is 1. The first kappa shape index (κ1) is 18.5. The van der Waals surface area contributed by atoms with E-state index < -0.39 is 5.54 Å². The highest BCUT2D eigenvalue weighted by molar-refractivity contribution is 7.13. The molecule has 1 unspecified atom stereocenters. The van der Waals surface area contributed by atoms with Crippen molar-refractivity contribution in [3.8, 4) is 10.6 Å². The van der Waals surface area contributed by atoms with E-state index in [2.05, 4.69) is 24.1 Å². The van der Waals surface area contributed by atoms with Crippen molar-refractivity contribution in [3.63, 3.8) is 0 Å². The predicted molar refractivity (Wildman–Crippen MR) is 96.3 cm³/mol. The van der Waals surface area contributed by atoms with Crippen molar-refractivity contribution in [3.05, 3.63) is 41.2 Å². The van der Waals surface area contributed by atoms with Crippen LogP contribution < -0.4 is 11.1 Å². The van der Waals surface area contributed by atoms with Crippen LogP contribution in [0.4, 0.5) is 4.39 Å². The van der Waals surface area contributed by atoms with Gasteiger partial charge in [0, 0.05) is 23.0 Å². The summed E-state index contributed by atoms with van der Waals surface area (Å²) >= 11 is 1.41. The smallest absolute Gasteiger partial charge is 0.226 e. The van der Waals surface area contributed by atoms with Gasteiger partial charge in [-0.2, -0.15) is 0 Å². The molecule has 3 N–H and O–H groups in total. The van der Waals surface area contributed by atoms with E-state index in [1.165, 1.54) is 23.5 Å². The second-order valence-electron chi connectivity index (χ2n) is 6.74. The van der Waals surface area contributed by atoms with Crippen molar-refractivity contribution in [1.29, 1.82) is 0 Å². The molecule has 2 rings (SSSR count). The van der Waals surface area contributed by atoms with Crippen molar-refractivity contribution in [1.82, 2.24) is 10.3 Å². The fraction of sp³-hybridized carbons (Fsp3) is 0.444. The highest BCUT2D eigenvalue weighted by Gasteiger charge is 2.26. The third-order valence-electron chi connectivity index (χ3n) is 3.72. The van der Waals surface area contributed by atoms with Gasteiger partial charge in [-0.25, -0.2) is 9.37 Å². The van der Waals surface area contributed by atoms with Crippen molar-refractivity contribution in [2.75, 3.05) is 6.54 Å². The normalized spacial score (nSPS) is 13.8. The maximum absolute atomic E-state index is 13.3. The highest BCUT2D eigenvalue weighted by atomic mass is 32.1. The molecule has 6 heteroatoms. The monoisotopic (exact) mass is 349 g/mol. The predicted octanol–water partition coefficient (Wildman–Crippen LogP) is 3.37. The lowest BCUT2D eigenvalue weighted by Crippen LogP contribution is -2.52. The maximum atomic E-state index is 13.3. The van der Waals surface area contributed by atoms with Gasteiger partial charge in [-0.05, 0) is 31.4 Å². The molecule has 1 atom stereocenters. The van der Waals surface area contributed by atoms with Gasteiger partial charge in [0.2, 0.25) is 5.91 Å². The Morgan fingerprint density at radius 1 is 1.46 bits per heavy atom. The molecule has 24 heavy (non-hydrogen) atoms. The lowest BCUT2D eigenvalue weighted by Gasteiger charge is -2.31. The van der Waals surface area contributed by atoms with Crippen LogP contribution in [0.2, 0.25) is 0 Å². The van der Waals surface area contributed by atoms with Crippen molar-refractivity contribution in [2.24, 2.45) is 11.7 Å². The summed E-state index contributed by atoms with van der Waals surface area (Å²) in [7, 11) is 0. The van der Waals surface area contributed by atoms with E-state index in [0.717, 1.165) is 12.0 Å². The van der Waals surface area contributed by atoms with Gasteiger partial charge in [-0.3, -0.25) is 4.79 Å². The van der Waals surface area contributed by atoms with Crippen molar-refractivity contribution >= 4 is 17.2 Å². The number of rotatable bonds is 7. The van der Waals surface area contributed by atoms with Gasteiger partial charge in [-0.15, -0.1) is 11.3 Å². The molecule has 0 saturated carbocycles. The highest BCUT2D eigenvalue weighted by Crippen LogP contribution is 2.24. The molecule has 1 aromatic heterocycles. The average molecular weight is 349 g/mol. The van der Waals surface area contributed by atoms with E-state index in [1.54, 1.807) is 12.1 Å². The number of hydrogen-bond donors (Lipinski definition) is 2. The molecule has 4 nitrogen and oxygen atoms in total. The summed E-state index contributed by atoms with van der Waals surface area (Å²) in [6.07, 6.45) is 1.01. The van der Waals surface area contributed by atoms with Crippen LogP contribution in [0.15, 0.2) is 29.6 Å². The second-order valence-corrected chi connectivity index (χ2v) is 7.60. The molecule has 0 fully saturated rings. The minimum atomic E-state index is -0.410. The molecule has 0 spiro atoms. The summed E-state index contributed by atoms with van der Waals surface area (Å²) in [5.74, 6) is 0.0479. The Kier molecular flexibility index (Phi) is 6.07. The molecule has 1 amide bonds. The Morgan fingerprint density at radius 2 is 2.21 bits per heavy atom. The number of benzene rings is 1. The van der Waals surface area contributed by atoms with E-state index in [4.69, 9.17) is 5.73 Å². The Bertz CT molecular complexity index is 701. The van der Waals surface area contributed by atoms with Gasteiger partial charge in [0.1, 0.15) is 10.8 Å². The van der Waals surface area contributed by atoms with E-state index >= 15 is 0 Å². The van der Waals surface area contributed by atoms with Crippen LogP contribution in [0.5, 0.6) is 0 Å². The summed E-state index contributed by atoms with van der Waals surface area (Å²) in [6.45, 7) is 6.56. The Labute approximate surface area is 146 Å². The lowest BCUT2D eigenvalue weighted by atomic mass is 9.90. The SMILES string of the molecule is CC(C)CC(C)(CN)NC(=O)Cc1csc(-c2cccc(F)c2)n1. The molecule has 2 aromatic rings. The molecule has 130 valence electrons. The summed E-state index contributed by atoms with van der Waals surface area (Å²) in [5, 5.41) is 5.57. The zero-order valence-corrected chi connectivity index (χ0v) is 15.1. The molecule has 0 aliphatic rings. The number of aromatic nitrogens is 1. The zero-order valence-electron chi connectivity index (χ0n) is 14.3. The van der Waals surface area contributed by atoms with Crippen LogP contribution in [-0.2, 0) is 11.2 Å². The van der Waals surface area contributed by atoms with Gasteiger partial charge in [0.05, 0.1) is 12.1 Å². The number of carbonyl (C=O) groups is 1. The zero-order chi connectivity index (χ0) is 17.7. The average Bonchev–Trinajstić information content (AvgIpc) is 2.94. The van der Waals surface area contributed by atoms with Crippen LogP contribution in [0.3, 0.4) is 0 Å². The quantitative estimate of drug-likeness (QED) is 0.805. The molecular formula is C18H24FN3OS. The molecule has 0 aliphatic carbocycles. The van der Waals surface area contributed by atoms with E-state index in [9.17, 15) is 9.18 Å². The lowest BCUT2D eigenvalue weighted by molar-refractivity contribution is -0.122. The summed E-state index contributed by atoms with van der Waals surface area (Å²) in [5.41, 5.74) is 6.82. The van der Waals surface area contributed by atoms with Crippen molar-refractivity contribution < 1.29 is 9.18 Å². The number of nitrogens with zero attached hydrogens (tertiary/aromatic N) is 1. The minimum Gasteiger partial charge on any atom is -0.349 e. The Balaban J connectivity index is 2.02. The number of hydrogen-bond acceptors (Lipinski definition) is 4. The first-order chi connectivity index (χ1) is 11.3. The largest absolute Gasteiger partial charge is 0.349 e. The van der Waals surface area contributed by atoms with Crippen LogP contribution in [0, 0.1) is 11.7 Å². The van der Waals surface area contributed by atoms with Crippen LogP contribution in [-0.4, -0.2) is 23.0 Å². The number of halogens is 1. The Morgan fingerprint density at radius 3 is 2.83 bits per heavy atom. The third kappa shape index (κ3) is 5.11. The standard InChI is InChI=1S/C18H24FN3OS/c1-12(2)9-18(3,11-20)22-16(23)8-15-10-24-17(21-15)13-5-4-6-14(19)7-13/h4-7,10,12H,8-9,11,20H2,1-3H3,(H,22,23). The number of amides is 1.